The lowest BCUT2D eigenvalue weighted by atomic mass is 9.98. The van der Waals surface area contributed by atoms with Crippen molar-refractivity contribution in [2.75, 3.05) is 7.11 Å². The van der Waals surface area contributed by atoms with Crippen LogP contribution >= 0.6 is 12.4 Å². The van der Waals surface area contributed by atoms with E-state index in [4.69, 9.17) is 10.5 Å². The van der Waals surface area contributed by atoms with Crippen LogP contribution in [0.2, 0.25) is 0 Å². The van der Waals surface area contributed by atoms with Gasteiger partial charge in [0.1, 0.15) is 5.75 Å². The number of halogens is 1. The maximum Gasteiger partial charge on any atom is 0.119 e. The van der Waals surface area contributed by atoms with E-state index in [9.17, 15) is 0 Å². The molecule has 2 nitrogen and oxygen atoms in total. The van der Waals surface area contributed by atoms with Crippen molar-refractivity contribution >= 4 is 12.4 Å². The van der Waals surface area contributed by atoms with Crippen molar-refractivity contribution in [3.05, 3.63) is 29.3 Å². The molecule has 0 aromatic heterocycles. The highest BCUT2D eigenvalue weighted by Crippen LogP contribution is 2.40. The van der Waals surface area contributed by atoms with Gasteiger partial charge in [-0.15, -0.1) is 12.4 Å². The van der Waals surface area contributed by atoms with Gasteiger partial charge in [0.15, 0.2) is 0 Å². The Bertz CT molecular complexity index is 336. The van der Waals surface area contributed by atoms with Crippen molar-refractivity contribution in [1.29, 1.82) is 0 Å². The fraction of sp³-hybridized carbons (Fsp3) is 0.500. The predicted molar refractivity (Wildman–Crippen MR) is 64.6 cm³/mol. The molecule has 1 aliphatic rings. The SMILES string of the molecule is COc1ccc([C@H](N)C2CC2)c(C)c1.Cl. The number of hydrogen-bond acceptors (Lipinski definition) is 2. The molecular formula is C12H18ClNO. The van der Waals surface area contributed by atoms with Gasteiger partial charge in [0, 0.05) is 6.04 Å². The molecule has 0 radical (unpaired) electrons. The quantitative estimate of drug-likeness (QED) is 0.862. The van der Waals surface area contributed by atoms with E-state index in [0.29, 0.717) is 5.92 Å². The van der Waals surface area contributed by atoms with Gasteiger partial charge in [-0.2, -0.15) is 0 Å². The molecule has 1 atom stereocenters. The zero-order valence-corrected chi connectivity index (χ0v) is 10.0. The van der Waals surface area contributed by atoms with Gasteiger partial charge in [0.2, 0.25) is 0 Å². The largest absolute Gasteiger partial charge is 0.497 e. The molecule has 1 aromatic carbocycles. The first-order valence-electron chi connectivity index (χ1n) is 5.12. The highest BCUT2D eigenvalue weighted by atomic mass is 35.5. The Kier molecular flexibility index (Phi) is 4.00. The Morgan fingerprint density at radius 1 is 1.40 bits per heavy atom. The van der Waals surface area contributed by atoms with Crippen LogP contribution in [0.3, 0.4) is 0 Å². The lowest BCUT2D eigenvalue weighted by Gasteiger charge is -2.14. The summed E-state index contributed by atoms with van der Waals surface area (Å²) in [5.41, 5.74) is 8.66. The molecule has 2 N–H and O–H groups in total. The normalized spacial score (nSPS) is 16.7. The number of aryl methyl sites for hydroxylation is 1. The zero-order valence-electron chi connectivity index (χ0n) is 9.19. The third kappa shape index (κ3) is 2.64. The van der Waals surface area contributed by atoms with Gasteiger partial charge in [0.25, 0.3) is 0 Å². The number of hydrogen-bond donors (Lipinski definition) is 1. The van der Waals surface area contributed by atoms with E-state index in [0.717, 1.165) is 5.75 Å². The Labute approximate surface area is 97.2 Å². The van der Waals surface area contributed by atoms with Crippen LogP contribution in [-0.2, 0) is 0 Å². The maximum atomic E-state index is 6.15. The molecule has 0 saturated heterocycles. The molecule has 0 bridgehead atoms. The van der Waals surface area contributed by atoms with Gasteiger partial charge in [-0.25, -0.2) is 0 Å². The molecule has 1 fully saturated rings. The molecule has 2 rings (SSSR count). The van der Waals surface area contributed by atoms with Crippen molar-refractivity contribution in [2.45, 2.75) is 25.8 Å². The minimum Gasteiger partial charge on any atom is -0.497 e. The summed E-state index contributed by atoms with van der Waals surface area (Å²) in [6.45, 7) is 2.10. The highest BCUT2D eigenvalue weighted by molar-refractivity contribution is 5.85. The summed E-state index contributed by atoms with van der Waals surface area (Å²) in [5.74, 6) is 1.62. The first-order chi connectivity index (χ1) is 6.72. The molecule has 15 heavy (non-hydrogen) atoms. The van der Waals surface area contributed by atoms with Crippen molar-refractivity contribution in [3.63, 3.8) is 0 Å². The molecule has 1 aromatic rings. The summed E-state index contributed by atoms with van der Waals surface area (Å²) in [4.78, 5) is 0. The Morgan fingerprint density at radius 2 is 2.07 bits per heavy atom. The zero-order chi connectivity index (χ0) is 10.1. The Hall–Kier alpha value is -0.730. The third-order valence-electron chi connectivity index (χ3n) is 2.97. The molecule has 1 saturated carbocycles. The average Bonchev–Trinajstić information content (AvgIpc) is 3.00. The van der Waals surface area contributed by atoms with Gasteiger partial charge in [-0.05, 0) is 48.9 Å². The molecule has 0 spiro atoms. The van der Waals surface area contributed by atoms with Crippen LogP contribution in [-0.4, -0.2) is 7.11 Å². The molecule has 0 aliphatic heterocycles. The predicted octanol–water partition coefficient (Wildman–Crippen LogP) is 2.84. The minimum absolute atomic E-state index is 0. The summed E-state index contributed by atoms with van der Waals surface area (Å²) < 4.78 is 5.17. The lowest BCUT2D eigenvalue weighted by molar-refractivity contribution is 0.414. The van der Waals surface area contributed by atoms with E-state index in [1.807, 2.05) is 6.07 Å². The van der Waals surface area contributed by atoms with Crippen LogP contribution < -0.4 is 10.5 Å². The molecule has 84 valence electrons. The second-order valence-electron chi connectivity index (χ2n) is 4.09. The van der Waals surface area contributed by atoms with Crippen LogP contribution in [0.25, 0.3) is 0 Å². The monoisotopic (exact) mass is 227 g/mol. The number of benzene rings is 1. The van der Waals surface area contributed by atoms with Gasteiger partial charge in [0.05, 0.1) is 7.11 Å². The summed E-state index contributed by atoms with van der Waals surface area (Å²) in [7, 11) is 1.69. The lowest BCUT2D eigenvalue weighted by Crippen LogP contribution is -2.13. The van der Waals surface area contributed by atoms with E-state index in [2.05, 4.69) is 19.1 Å². The third-order valence-corrected chi connectivity index (χ3v) is 2.97. The summed E-state index contributed by atoms with van der Waals surface area (Å²) in [6.07, 6.45) is 2.57. The molecule has 0 unspecified atom stereocenters. The molecular weight excluding hydrogens is 210 g/mol. The average molecular weight is 228 g/mol. The topological polar surface area (TPSA) is 35.2 Å². The van der Waals surface area contributed by atoms with Crippen molar-refractivity contribution in [1.82, 2.24) is 0 Å². The van der Waals surface area contributed by atoms with Crippen LogP contribution in [0.5, 0.6) is 5.75 Å². The van der Waals surface area contributed by atoms with E-state index in [-0.39, 0.29) is 18.4 Å². The van der Waals surface area contributed by atoms with Crippen LogP contribution in [0.15, 0.2) is 18.2 Å². The van der Waals surface area contributed by atoms with Crippen molar-refractivity contribution in [2.24, 2.45) is 11.7 Å². The Balaban J connectivity index is 0.00000112. The molecule has 0 heterocycles. The summed E-state index contributed by atoms with van der Waals surface area (Å²) in [5, 5.41) is 0. The molecule has 1 aliphatic carbocycles. The smallest absolute Gasteiger partial charge is 0.119 e. The highest BCUT2D eigenvalue weighted by Gasteiger charge is 2.30. The minimum atomic E-state index is 0. The number of rotatable bonds is 3. The fourth-order valence-corrected chi connectivity index (χ4v) is 1.86. The summed E-state index contributed by atoms with van der Waals surface area (Å²) >= 11 is 0. The first-order valence-corrected chi connectivity index (χ1v) is 5.12. The first kappa shape index (κ1) is 12.3. The number of ether oxygens (including phenoxy) is 1. The standard InChI is InChI=1S/C12H17NO.ClH/c1-8-7-10(14-2)5-6-11(8)12(13)9-3-4-9;/h5-7,9,12H,3-4,13H2,1-2H3;1H/t12-;/m1./s1. The van der Waals surface area contributed by atoms with Crippen molar-refractivity contribution < 1.29 is 4.74 Å². The molecule has 0 amide bonds. The van der Waals surface area contributed by atoms with Crippen LogP contribution in [0.1, 0.15) is 30.0 Å². The van der Waals surface area contributed by atoms with E-state index >= 15 is 0 Å². The Morgan fingerprint density at radius 3 is 2.53 bits per heavy atom. The summed E-state index contributed by atoms with van der Waals surface area (Å²) in [6, 6.07) is 6.36. The van der Waals surface area contributed by atoms with Crippen LogP contribution in [0.4, 0.5) is 0 Å². The second kappa shape index (κ2) is 4.86. The van der Waals surface area contributed by atoms with Gasteiger partial charge in [-0.1, -0.05) is 6.07 Å². The number of methoxy groups -OCH3 is 1. The molecule has 3 heteroatoms. The maximum absolute atomic E-state index is 6.15. The number of nitrogens with two attached hydrogens (primary N) is 1. The van der Waals surface area contributed by atoms with Gasteiger partial charge >= 0.3 is 0 Å². The van der Waals surface area contributed by atoms with Crippen LogP contribution in [0, 0.1) is 12.8 Å². The van der Waals surface area contributed by atoms with E-state index in [1.165, 1.54) is 24.0 Å². The van der Waals surface area contributed by atoms with Gasteiger partial charge < -0.3 is 10.5 Å². The fourth-order valence-electron chi connectivity index (χ4n) is 1.86. The van der Waals surface area contributed by atoms with E-state index in [1.54, 1.807) is 7.11 Å². The van der Waals surface area contributed by atoms with Gasteiger partial charge in [-0.3, -0.25) is 0 Å². The van der Waals surface area contributed by atoms with E-state index < -0.39 is 0 Å². The second-order valence-corrected chi connectivity index (χ2v) is 4.09. The van der Waals surface area contributed by atoms with Crippen molar-refractivity contribution in [3.8, 4) is 5.75 Å².